The van der Waals surface area contributed by atoms with Gasteiger partial charge in [-0.1, -0.05) is 11.6 Å². The number of aromatic nitrogens is 1. The maximum Gasteiger partial charge on any atom is 0.417 e. The Morgan fingerprint density at radius 1 is 0.925 bits per heavy atom. The average molecular weight is 587 g/mol. The molecular weight excluding hydrogens is 568 g/mol. The number of hydrogen-bond donors (Lipinski definition) is 5. The van der Waals surface area contributed by atoms with E-state index in [1.165, 1.54) is 36.5 Å². The summed E-state index contributed by atoms with van der Waals surface area (Å²) in [7, 11) is 0. The fourth-order valence-corrected chi connectivity index (χ4v) is 2.95. The molecule has 212 valence electrons. The van der Waals surface area contributed by atoms with E-state index in [1.807, 2.05) is 0 Å². The van der Waals surface area contributed by atoms with E-state index in [2.05, 4.69) is 15.6 Å². The van der Waals surface area contributed by atoms with Gasteiger partial charge in [0.1, 0.15) is 23.0 Å². The van der Waals surface area contributed by atoms with E-state index >= 15 is 0 Å². The number of urea groups is 1. The molecule has 40 heavy (non-hydrogen) atoms. The van der Waals surface area contributed by atoms with Gasteiger partial charge in [0.05, 0.1) is 29.1 Å². The van der Waals surface area contributed by atoms with Crippen LogP contribution in [0.4, 0.5) is 33.7 Å². The van der Waals surface area contributed by atoms with Crippen LogP contribution in [0.2, 0.25) is 5.02 Å². The summed E-state index contributed by atoms with van der Waals surface area (Å²) in [6.07, 6.45) is -4.02. The minimum absolute atomic E-state index is 0.0441. The number of nitrogens with one attached hydrogen (secondary N) is 2. The summed E-state index contributed by atoms with van der Waals surface area (Å²) in [6, 6.07) is 7.99. The molecular formula is C24H19ClF4N4O7. The SMILES string of the molecule is NC(=O)c1cc(Oc2ccc(NC(=O)Nc3ccc(Cl)c(C(F)(F)F)c3)c(F)c2)ccn1.O=C(O)CCC(=O)O. The minimum Gasteiger partial charge on any atom is -0.481 e. The van der Waals surface area contributed by atoms with Crippen LogP contribution in [0.5, 0.6) is 11.5 Å². The van der Waals surface area contributed by atoms with Crippen molar-refractivity contribution in [3.05, 3.63) is 76.8 Å². The predicted molar refractivity (Wildman–Crippen MR) is 133 cm³/mol. The van der Waals surface area contributed by atoms with E-state index in [0.717, 1.165) is 12.1 Å². The molecule has 6 N–H and O–H groups in total. The van der Waals surface area contributed by atoms with Crippen LogP contribution in [0, 0.1) is 5.82 Å². The number of pyridine rings is 1. The summed E-state index contributed by atoms with van der Waals surface area (Å²) < 4.78 is 58.5. The molecule has 0 bridgehead atoms. The number of halogens is 5. The van der Waals surface area contributed by atoms with Gasteiger partial charge >= 0.3 is 24.1 Å². The summed E-state index contributed by atoms with van der Waals surface area (Å²) in [5.41, 5.74) is 3.51. The quantitative estimate of drug-likeness (QED) is 0.218. The number of carbonyl (C=O) groups excluding carboxylic acids is 2. The lowest BCUT2D eigenvalue weighted by molar-refractivity contribution is -0.143. The van der Waals surface area contributed by atoms with E-state index < -0.39 is 46.5 Å². The molecule has 0 aliphatic heterocycles. The summed E-state index contributed by atoms with van der Waals surface area (Å²) >= 11 is 5.53. The van der Waals surface area contributed by atoms with Crippen molar-refractivity contribution in [2.45, 2.75) is 19.0 Å². The largest absolute Gasteiger partial charge is 0.481 e. The van der Waals surface area contributed by atoms with Crippen molar-refractivity contribution in [3.63, 3.8) is 0 Å². The number of nitrogens with zero attached hydrogens (tertiary/aromatic N) is 1. The number of amides is 3. The third kappa shape index (κ3) is 10.1. The highest BCUT2D eigenvalue weighted by atomic mass is 35.5. The van der Waals surface area contributed by atoms with Crippen LogP contribution in [0.3, 0.4) is 0 Å². The fourth-order valence-electron chi connectivity index (χ4n) is 2.72. The topological polar surface area (TPSA) is 181 Å². The number of carboxylic acid groups (broad SMARTS) is 2. The third-order valence-corrected chi connectivity index (χ3v) is 4.82. The van der Waals surface area contributed by atoms with Gasteiger partial charge in [-0.15, -0.1) is 0 Å². The number of ether oxygens (including phenoxy) is 1. The smallest absolute Gasteiger partial charge is 0.417 e. The van der Waals surface area contributed by atoms with Gasteiger partial charge in [-0.25, -0.2) is 9.18 Å². The Kier molecular flexibility index (Phi) is 10.8. The summed E-state index contributed by atoms with van der Waals surface area (Å²) in [6.45, 7) is 0. The van der Waals surface area contributed by atoms with Crippen molar-refractivity contribution in [1.29, 1.82) is 0 Å². The third-order valence-electron chi connectivity index (χ3n) is 4.49. The first kappa shape index (κ1) is 31.3. The highest BCUT2D eigenvalue weighted by molar-refractivity contribution is 6.31. The number of anilines is 2. The number of alkyl halides is 3. The number of carboxylic acids is 2. The Balaban J connectivity index is 0.000000611. The van der Waals surface area contributed by atoms with Crippen LogP contribution >= 0.6 is 11.6 Å². The molecule has 0 atom stereocenters. The maximum atomic E-state index is 14.4. The number of carbonyl (C=O) groups is 4. The second kappa shape index (κ2) is 13.7. The zero-order valence-electron chi connectivity index (χ0n) is 20.0. The molecule has 1 heterocycles. The van der Waals surface area contributed by atoms with Crippen molar-refractivity contribution in [2.24, 2.45) is 5.73 Å². The van der Waals surface area contributed by atoms with Crippen LogP contribution in [0.25, 0.3) is 0 Å². The zero-order valence-corrected chi connectivity index (χ0v) is 20.7. The molecule has 0 aliphatic carbocycles. The van der Waals surface area contributed by atoms with Gasteiger partial charge in [-0.05, 0) is 36.4 Å². The lowest BCUT2D eigenvalue weighted by atomic mass is 10.2. The molecule has 2 aromatic carbocycles. The standard InChI is InChI=1S/C20H13ClF4N4O3.C4H6O4/c21-14-3-1-10(7-13(14)20(23,24)25)28-19(31)29-16-4-2-11(8-15(16)22)32-12-5-6-27-17(9-12)18(26)30;5-3(6)1-2-4(7)8/h1-9H,(H2,26,30)(H2,28,29,31);1-2H2,(H,5,6)(H,7,8). The second-order valence-electron chi connectivity index (χ2n) is 7.54. The van der Waals surface area contributed by atoms with Crippen molar-refractivity contribution in [2.75, 3.05) is 10.6 Å². The van der Waals surface area contributed by atoms with Crippen LogP contribution in [0.15, 0.2) is 54.7 Å². The van der Waals surface area contributed by atoms with E-state index in [-0.39, 0.29) is 41.4 Å². The molecule has 0 spiro atoms. The molecule has 16 heteroatoms. The number of hydrogen-bond acceptors (Lipinski definition) is 6. The fraction of sp³-hybridized carbons (Fsp3) is 0.125. The Morgan fingerprint density at radius 2 is 1.55 bits per heavy atom. The monoisotopic (exact) mass is 586 g/mol. The van der Waals surface area contributed by atoms with Crippen LogP contribution in [-0.4, -0.2) is 39.1 Å². The molecule has 3 amide bonds. The van der Waals surface area contributed by atoms with Crippen molar-refractivity contribution in [1.82, 2.24) is 4.98 Å². The molecule has 0 saturated carbocycles. The number of benzene rings is 2. The van der Waals surface area contributed by atoms with Crippen LogP contribution in [-0.2, 0) is 15.8 Å². The van der Waals surface area contributed by atoms with Gasteiger partial charge in [-0.2, -0.15) is 13.2 Å². The normalized spacial score (nSPS) is 10.5. The average Bonchev–Trinajstić information content (AvgIpc) is 2.85. The number of nitrogens with two attached hydrogens (primary N) is 1. The highest BCUT2D eigenvalue weighted by Gasteiger charge is 2.33. The van der Waals surface area contributed by atoms with Crippen molar-refractivity contribution in [3.8, 4) is 11.5 Å². The van der Waals surface area contributed by atoms with Gasteiger partial charge in [-0.3, -0.25) is 19.4 Å². The summed E-state index contributed by atoms with van der Waals surface area (Å²) in [4.78, 5) is 46.3. The number of aliphatic carboxylic acids is 2. The van der Waals surface area contributed by atoms with E-state index in [4.69, 9.17) is 32.3 Å². The maximum absolute atomic E-state index is 14.4. The summed E-state index contributed by atoms with van der Waals surface area (Å²) in [5.74, 6) is -3.58. The Morgan fingerprint density at radius 3 is 2.10 bits per heavy atom. The van der Waals surface area contributed by atoms with Gasteiger partial charge in [0, 0.05) is 24.0 Å². The van der Waals surface area contributed by atoms with Crippen molar-refractivity contribution < 1.29 is 51.7 Å². The first-order valence-corrected chi connectivity index (χ1v) is 11.1. The summed E-state index contributed by atoms with van der Waals surface area (Å²) in [5, 5.41) is 19.6. The molecule has 3 rings (SSSR count). The number of primary amides is 1. The van der Waals surface area contributed by atoms with Gasteiger partial charge in [0.25, 0.3) is 5.91 Å². The Hall–Kier alpha value is -4.92. The lowest BCUT2D eigenvalue weighted by Gasteiger charge is -2.13. The van der Waals surface area contributed by atoms with Gasteiger partial charge < -0.3 is 31.3 Å². The second-order valence-corrected chi connectivity index (χ2v) is 7.95. The highest BCUT2D eigenvalue weighted by Crippen LogP contribution is 2.36. The molecule has 0 radical (unpaired) electrons. The molecule has 0 aliphatic rings. The molecule has 0 saturated heterocycles. The molecule has 11 nitrogen and oxygen atoms in total. The molecule has 1 aromatic heterocycles. The Bertz CT molecular complexity index is 1410. The Labute approximate surface area is 227 Å². The lowest BCUT2D eigenvalue weighted by Crippen LogP contribution is -2.20. The van der Waals surface area contributed by atoms with Crippen LogP contribution in [0.1, 0.15) is 28.9 Å². The zero-order chi connectivity index (χ0) is 30.0. The minimum atomic E-state index is -4.71. The first-order chi connectivity index (χ1) is 18.6. The molecule has 0 unspecified atom stereocenters. The van der Waals surface area contributed by atoms with Gasteiger partial charge in [0.15, 0.2) is 0 Å². The van der Waals surface area contributed by atoms with Crippen LogP contribution < -0.4 is 21.1 Å². The molecule has 0 fully saturated rings. The first-order valence-electron chi connectivity index (χ1n) is 10.8. The number of rotatable bonds is 8. The van der Waals surface area contributed by atoms with Gasteiger partial charge in [0.2, 0.25) is 0 Å². The van der Waals surface area contributed by atoms with E-state index in [0.29, 0.717) is 6.07 Å². The molecule has 3 aromatic rings. The predicted octanol–water partition coefficient (Wildman–Crippen LogP) is 5.36. The van der Waals surface area contributed by atoms with E-state index in [1.54, 1.807) is 0 Å². The van der Waals surface area contributed by atoms with Crippen molar-refractivity contribution >= 4 is 46.9 Å². The van der Waals surface area contributed by atoms with E-state index in [9.17, 15) is 36.7 Å².